The van der Waals surface area contributed by atoms with Gasteiger partial charge in [0.15, 0.2) is 0 Å². The minimum atomic E-state index is -0.864. The normalized spacial score (nSPS) is 12.3. The van der Waals surface area contributed by atoms with Crippen LogP contribution in [0.2, 0.25) is 0 Å². The van der Waals surface area contributed by atoms with Gasteiger partial charge in [-0.25, -0.2) is 14.6 Å². The lowest BCUT2D eigenvalue weighted by molar-refractivity contribution is 0.211. The molecule has 2 aromatic heterocycles. The lowest BCUT2D eigenvalue weighted by Crippen LogP contribution is -2.09. The van der Waals surface area contributed by atoms with E-state index in [1.807, 2.05) is 30.3 Å². The van der Waals surface area contributed by atoms with Crippen molar-refractivity contribution in [1.29, 1.82) is 0 Å². The molecule has 0 bridgehead atoms. The van der Waals surface area contributed by atoms with E-state index in [2.05, 4.69) is 20.3 Å². The van der Waals surface area contributed by atoms with Gasteiger partial charge in [0, 0.05) is 18.0 Å². The van der Waals surface area contributed by atoms with Crippen LogP contribution < -0.4 is 0 Å². The molecule has 0 spiro atoms. The number of aliphatic hydroxyl groups excluding tert-OH is 1. The molecule has 0 saturated heterocycles. The zero-order chi connectivity index (χ0) is 13.1. The van der Waals surface area contributed by atoms with Gasteiger partial charge in [-0.15, -0.1) is 5.10 Å². The van der Waals surface area contributed by atoms with Crippen molar-refractivity contribution in [1.82, 2.24) is 25.0 Å². The van der Waals surface area contributed by atoms with Gasteiger partial charge < -0.3 is 5.11 Å². The van der Waals surface area contributed by atoms with Gasteiger partial charge in [0.2, 0.25) is 0 Å². The van der Waals surface area contributed by atoms with Crippen LogP contribution in [0.3, 0.4) is 0 Å². The molecule has 19 heavy (non-hydrogen) atoms. The summed E-state index contributed by atoms with van der Waals surface area (Å²) in [6.45, 7) is 0. The van der Waals surface area contributed by atoms with Gasteiger partial charge in [0.25, 0.3) is 0 Å². The minimum Gasteiger partial charge on any atom is -0.382 e. The maximum Gasteiger partial charge on any atom is 0.126 e. The molecule has 3 rings (SSSR count). The average molecular weight is 253 g/mol. The lowest BCUT2D eigenvalue weighted by Gasteiger charge is -2.11. The predicted molar refractivity (Wildman–Crippen MR) is 67.5 cm³/mol. The molecule has 0 fully saturated rings. The summed E-state index contributed by atoms with van der Waals surface area (Å²) in [5.74, 6) is 0. The predicted octanol–water partition coefficient (Wildman–Crippen LogP) is 1.14. The second-order valence-electron chi connectivity index (χ2n) is 3.98. The smallest absolute Gasteiger partial charge is 0.126 e. The number of hydrogen-bond donors (Lipinski definition) is 1. The average Bonchev–Trinajstić information content (AvgIpc) is 2.98. The minimum absolute atomic E-state index is 0.570. The zero-order valence-corrected chi connectivity index (χ0v) is 9.96. The first-order valence-corrected chi connectivity index (χ1v) is 5.75. The summed E-state index contributed by atoms with van der Waals surface area (Å²) in [7, 11) is 0. The second-order valence-corrected chi connectivity index (χ2v) is 3.98. The molecule has 2 heterocycles. The van der Waals surface area contributed by atoms with Crippen molar-refractivity contribution in [3.8, 4) is 5.69 Å². The van der Waals surface area contributed by atoms with E-state index in [-0.39, 0.29) is 0 Å². The Balaban J connectivity index is 2.01. The van der Waals surface area contributed by atoms with Crippen LogP contribution in [0, 0.1) is 0 Å². The summed E-state index contributed by atoms with van der Waals surface area (Å²) in [6, 6.07) is 9.51. The van der Waals surface area contributed by atoms with Crippen molar-refractivity contribution in [2.45, 2.75) is 6.10 Å². The van der Waals surface area contributed by atoms with E-state index >= 15 is 0 Å². The molecule has 0 radical (unpaired) electrons. The van der Waals surface area contributed by atoms with E-state index in [4.69, 9.17) is 0 Å². The lowest BCUT2D eigenvalue weighted by atomic mass is 10.1. The summed E-state index contributed by atoms with van der Waals surface area (Å²) in [5, 5.41) is 18.2. The molecule has 6 nitrogen and oxygen atoms in total. The Morgan fingerprint density at radius 3 is 2.47 bits per heavy atom. The van der Waals surface area contributed by atoms with E-state index in [1.165, 1.54) is 12.5 Å². The quantitative estimate of drug-likeness (QED) is 0.757. The first-order chi connectivity index (χ1) is 9.36. The summed E-state index contributed by atoms with van der Waals surface area (Å²) in [4.78, 5) is 7.79. The van der Waals surface area contributed by atoms with Gasteiger partial charge in [0.05, 0.1) is 17.6 Å². The van der Waals surface area contributed by atoms with Crippen LogP contribution in [-0.2, 0) is 0 Å². The maximum atomic E-state index is 10.3. The van der Waals surface area contributed by atoms with Crippen LogP contribution in [0.4, 0.5) is 0 Å². The van der Waals surface area contributed by atoms with Crippen molar-refractivity contribution >= 4 is 0 Å². The highest BCUT2D eigenvalue weighted by atomic mass is 16.3. The highest BCUT2D eigenvalue weighted by Gasteiger charge is 2.17. The summed E-state index contributed by atoms with van der Waals surface area (Å²) in [5.41, 5.74) is 2.01. The standard InChI is InChI=1S/C13H11N5O/c19-13(10-6-14-9-15-7-10)12-8-16-17-18(12)11-4-2-1-3-5-11/h1-9,13,19H. The third kappa shape index (κ3) is 2.21. The fraction of sp³-hybridized carbons (Fsp3) is 0.0769. The first-order valence-electron chi connectivity index (χ1n) is 5.75. The van der Waals surface area contributed by atoms with Gasteiger partial charge in [0.1, 0.15) is 12.4 Å². The molecule has 0 amide bonds. The fourth-order valence-corrected chi connectivity index (χ4v) is 1.82. The van der Waals surface area contributed by atoms with Gasteiger partial charge in [-0.05, 0) is 12.1 Å². The van der Waals surface area contributed by atoms with Crippen LogP contribution in [0.1, 0.15) is 17.4 Å². The van der Waals surface area contributed by atoms with Crippen molar-refractivity contribution in [2.75, 3.05) is 0 Å². The summed E-state index contributed by atoms with van der Waals surface area (Å²) in [6.07, 6.45) is 5.23. The highest BCUT2D eigenvalue weighted by molar-refractivity contribution is 5.33. The molecule has 94 valence electrons. The Labute approximate surface area is 109 Å². The molecular formula is C13H11N5O. The number of benzene rings is 1. The molecule has 1 unspecified atom stereocenters. The van der Waals surface area contributed by atoms with Crippen molar-refractivity contribution < 1.29 is 5.11 Å². The Hall–Kier alpha value is -2.60. The molecule has 0 aliphatic heterocycles. The van der Waals surface area contributed by atoms with E-state index in [1.54, 1.807) is 17.1 Å². The first kappa shape index (κ1) is 11.5. The number of rotatable bonds is 3. The van der Waals surface area contributed by atoms with Crippen LogP contribution in [0.5, 0.6) is 0 Å². The van der Waals surface area contributed by atoms with Crippen molar-refractivity contribution in [3.05, 3.63) is 66.5 Å². The fourth-order valence-electron chi connectivity index (χ4n) is 1.82. The maximum absolute atomic E-state index is 10.3. The Morgan fingerprint density at radius 2 is 1.74 bits per heavy atom. The zero-order valence-electron chi connectivity index (χ0n) is 9.96. The second kappa shape index (κ2) is 4.95. The van der Waals surface area contributed by atoms with E-state index in [0.29, 0.717) is 11.3 Å². The number of aliphatic hydroxyl groups is 1. The molecule has 1 aromatic carbocycles. The molecule has 0 aliphatic rings. The number of nitrogens with zero attached hydrogens (tertiary/aromatic N) is 5. The third-order valence-electron chi connectivity index (χ3n) is 2.75. The van der Waals surface area contributed by atoms with Crippen LogP contribution in [-0.4, -0.2) is 30.1 Å². The Bertz CT molecular complexity index is 653. The molecule has 1 atom stereocenters. The number of hydrogen-bond acceptors (Lipinski definition) is 5. The highest BCUT2D eigenvalue weighted by Crippen LogP contribution is 2.21. The SMILES string of the molecule is OC(c1cncnc1)c1cnnn1-c1ccccc1. The van der Waals surface area contributed by atoms with E-state index in [0.717, 1.165) is 5.69 Å². The van der Waals surface area contributed by atoms with Crippen LogP contribution in [0.25, 0.3) is 5.69 Å². The molecule has 6 heteroatoms. The van der Waals surface area contributed by atoms with Gasteiger partial charge >= 0.3 is 0 Å². The third-order valence-corrected chi connectivity index (χ3v) is 2.75. The molecule has 1 N–H and O–H groups in total. The summed E-state index contributed by atoms with van der Waals surface area (Å²) >= 11 is 0. The molecule has 0 saturated carbocycles. The Kier molecular flexibility index (Phi) is 2.99. The van der Waals surface area contributed by atoms with Crippen LogP contribution >= 0.6 is 0 Å². The topological polar surface area (TPSA) is 76.7 Å². The van der Waals surface area contributed by atoms with Crippen LogP contribution in [0.15, 0.2) is 55.2 Å². The molecule has 0 aliphatic carbocycles. The van der Waals surface area contributed by atoms with Gasteiger partial charge in [-0.2, -0.15) is 0 Å². The van der Waals surface area contributed by atoms with Gasteiger partial charge in [-0.1, -0.05) is 23.4 Å². The Morgan fingerprint density at radius 1 is 1.00 bits per heavy atom. The largest absolute Gasteiger partial charge is 0.382 e. The molecular weight excluding hydrogens is 242 g/mol. The molecule has 3 aromatic rings. The van der Waals surface area contributed by atoms with Crippen molar-refractivity contribution in [3.63, 3.8) is 0 Å². The number of para-hydroxylation sites is 1. The monoisotopic (exact) mass is 253 g/mol. The summed E-state index contributed by atoms with van der Waals surface area (Å²) < 4.78 is 1.59. The van der Waals surface area contributed by atoms with E-state index in [9.17, 15) is 5.11 Å². The number of aromatic nitrogens is 5. The van der Waals surface area contributed by atoms with Crippen molar-refractivity contribution in [2.24, 2.45) is 0 Å². The van der Waals surface area contributed by atoms with E-state index < -0.39 is 6.10 Å². The van der Waals surface area contributed by atoms with Gasteiger partial charge in [-0.3, -0.25) is 0 Å².